The van der Waals surface area contributed by atoms with E-state index in [-0.39, 0.29) is 0 Å². The van der Waals surface area contributed by atoms with Crippen LogP contribution >= 0.6 is 0 Å². The minimum atomic E-state index is -0.816. The van der Waals surface area contributed by atoms with Crippen molar-refractivity contribution in [3.63, 3.8) is 0 Å². The Morgan fingerprint density at radius 1 is 1.67 bits per heavy atom. The lowest BCUT2D eigenvalue weighted by Crippen LogP contribution is -2.11. The molecule has 78 valence electrons. The van der Waals surface area contributed by atoms with Crippen LogP contribution in [0.3, 0.4) is 0 Å². The van der Waals surface area contributed by atoms with Crippen molar-refractivity contribution in [3.05, 3.63) is 30.2 Å². The predicted molar refractivity (Wildman–Crippen MR) is 54.5 cm³/mol. The van der Waals surface area contributed by atoms with Crippen LogP contribution < -0.4 is 0 Å². The first-order valence-electron chi connectivity index (χ1n) is 4.73. The van der Waals surface area contributed by atoms with Gasteiger partial charge in [-0.1, -0.05) is 6.92 Å². The van der Waals surface area contributed by atoms with E-state index in [1.165, 1.54) is 0 Å². The molecule has 1 atom stereocenters. The molecule has 4 heteroatoms. The summed E-state index contributed by atoms with van der Waals surface area (Å²) < 4.78 is 5.46. The van der Waals surface area contributed by atoms with Crippen LogP contribution in [0, 0.1) is 5.92 Å². The van der Waals surface area contributed by atoms with E-state index in [1.54, 1.807) is 25.3 Å². The molecule has 0 spiro atoms. The second kappa shape index (κ2) is 3.73. The summed E-state index contributed by atoms with van der Waals surface area (Å²) >= 11 is 0. The van der Waals surface area contributed by atoms with Gasteiger partial charge in [0.1, 0.15) is 11.3 Å². The zero-order valence-electron chi connectivity index (χ0n) is 8.30. The van der Waals surface area contributed by atoms with Gasteiger partial charge in [0.2, 0.25) is 0 Å². The Kier molecular flexibility index (Phi) is 2.41. The van der Waals surface area contributed by atoms with Crippen molar-refractivity contribution < 1.29 is 14.3 Å². The summed E-state index contributed by atoms with van der Waals surface area (Å²) in [6.07, 6.45) is 2.08. The van der Waals surface area contributed by atoms with E-state index in [2.05, 4.69) is 4.98 Å². The maximum absolute atomic E-state index is 10.7. The number of fused-ring (bicyclic) bond motifs is 1. The lowest BCUT2D eigenvalue weighted by Gasteiger charge is -2.01. The zero-order valence-corrected chi connectivity index (χ0v) is 8.30. The van der Waals surface area contributed by atoms with E-state index in [1.807, 2.05) is 6.07 Å². The van der Waals surface area contributed by atoms with Crippen LogP contribution in [-0.4, -0.2) is 16.1 Å². The molecule has 0 bridgehead atoms. The second-order valence-corrected chi connectivity index (χ2v) is 3.54. The lowest BCUT2D eigenvalue weighted by atomic mass is 10.1. The largest absolute Gasteiger partial charge is 0.481 e. The molecule has 1 N–H and O–H groups in total. The van der Waals surface area contributed by atoms with Gasteiger partial charge in [-0.25, -0.2) is 0 Å². The molecule has 0 amide bonds. The molecule has 2 rings (SSSR count). The SMILES string of the molecule is CC(Cc1cc2ncccc2o1)C(=O)O. The summed E-state index contributed by atoms with van der Waals surface area (Å²) in [5, 5.41) is 8.76. The van der Waals surface area contributed by atoms with Crippen LogP contribution in [0.5, 0.6) is 0 Å². The number of carbonyl (C=O) groups is 1. The van der Waals surface area contributed by atoms with Gasteiger partial charge in [0.25, 0.3) is 0 Å². The van der Waals surface area contributed by atoms with Crippen LogP contribution in [0.2, 0.25) is 0 Å². The number of pyridine rings is 1. The molecular formula is C11H11NO3. The third-order valence-electron chi connectivity index (χ3n) is 2.27. The fraction of sp³-hybridized carbons (Fsp3) is 0.273. The average molecular weight is 205 g/mol. The van der Waals surface area contributed by atoms with E-state index in [4.69, 9.17) is 9.52 Å². The van der Waals surface area contributed by atoms with Crippen molar-refractivity contribution in [1.82, 2.24) is 4.98 Å². The van der Waals surface area contributed by atoms with Gasteiger partial charge in [-0.2, -0.15) is 0 Å². The summed E-state index contributed by atoms with van der Waals surface area (Å²) in [4.78, 5) is 14.8. The van der Waals surface area contributed by atoms with Crippen molar-refractivity contribution in [1.29, 1.82) is 0 Å². The molecule has 0 aromatic carbocycles. The highest BCUT2D eigenvalue weighted by Gasteiger charge is 2.14. The third-order valence-corrected chi connectivity index (χ3v) is 2.27. The molecule has 0 aliphatic rings. The number of aromatic nitrogens is 1. The van der Waals surface area contributed by atoms with E-state index in [0.29, 0.717) is 17.8 Å². The number of furan rings is 1. The highest BCUT2D eigenvalue weighted by molar-refractivity contribution is 5.73. The quantitative estimate of drug-likeness (QED) is 0.833. The average Bonchev–Trinajstić information content (AvgIpc) is 2.59. The van der Waals surface area contributed by atoms with Gasteiger partial charge in [0, 0.05) is 18.7 Å². The van der Waals surface area contributed by atoms with E-state index < -0.39 is 11.9 Å². The van der Waals surface area contributed by atoms with Gasteiger partial charge in [-0.3, -0.25) is 9.78 Å². The topological polar surface area (TPSA) is 63.3 Å². The zero-order chi connectivity index (χ0) is 10.8. The van der Waals surface area contributed by atoms with Crippen LogP contribution in [0.25, 0.3) is 11.1 Å². The molecule has 0 aliphatic carbocycles. The van der Waals surface area contributed by atoms with Crippen molar-refractivity contribution >= 4 is 17.1 Å². The first kappa shape index (κ1) is 9.71. The van der Waals surface area contributed by atoms with Crippen molar-refractivity contribution in [2.24, 2.45) is 5.92 Å². The van der Waals surface area contributed by atoms with Crippen LogP contribution in [0.4, 0.5) is 0 Å². The van der Waals surface area contributed by atoms with Crippen LogP contribution in [0.1, 0.15) is 12.7 Å². The summed E-state index contributed by atoms with van der Waals surface area (Å²) in [7, 11) is 0. The Bertz CT molecular complexity index is 456. The maximum Gasteiger partial charge on any atom is 0.306 e. The fourth-order valence-corrected chi connectivity index (χ4v) is 1.41. The van der Waals surface area contributed by atoms with Gasteiger partial charge >= 0.3 is 5.97 Å². The Morgan fingerprint density at radius 2 is 2.47 bits per heavy atom. The molecule has 0 saturated carbocycles. The fourth-order valence-electron chi connectivity index (χ4n) is 1.41. The van der Waals surface area contributed by atoms with Crippen molar-refractivity contribution in [2.45, 2.75) is 13.3 Å². The predicted octanol–water partition coefficient (Wildman–Crippen LogP) is 2.09. The first-order chi connectivity index (χ1) is 7.16. The molecule has 2 aromatic rings. The Labute approximate surface area is 86.5 Å². The van der Waals surface area contributed by atoms with E-state index >= 15 is 0 Å². The van der Waals surface area contributed by atoms with E-state index in [9.17, 15) is 4.79 Å². The molecule has 0 aliphatic heterocycles. The van der Waals surface area contributed by atoms with Crippen LogP contribution in [-0.2, 0) is 11.2 Å². The number of rotatable bonds is 3. The molecule has 15 heavy (non-hydrogen) atoms. The Balaban J connectivity index is 2.26. The Morgan fingerprint density at radius 3 is 3.13 bits per heavy atom. The molecule has 0 fully saturated rings. The molecule has 0 saturated heterocycles. The van der Waals surface area contributed by atoms with Crippen LogP contribution in [0.15, 0.2) is 28.8 Å². The van der Waals surface area contributed by atoms with Gasteiger partial charge in [0.05, 0.1) is 5.92 Å². The standard InChI is InChI=1S/C11H11NO3/c1-7(11(13)14)5-8-6-9-10(15-8)3-2-4-12-9/h2-4,6-7H,5H2,1H3,(H,13,14). The minimum Gasteiger partial charge on any atom is -0.481 e. The molecule has 0 radical (unpaired) electrons. The van der Waals surface area contributed by atoms with Gasteiger partial charge in [0.15, 0.2) is 5.58 Å². The number of hydrogen-bond donors (Lipinski definition) is 1. The lowest BCUT2D eigenvalue weighted by molar-refractivity contribution is -0.141. The van der Waals surface area contributed by atoms with E-state index in [0.717, 1.165) is 5.52 Å². The van der Waals surface area contributed by atoms with Gasteiger partial charge < -0.3 is 9.52 Å². The molecular weight excluding hydrogens is 194 g/mol. The van der Waals surface area contributed by atoms with Gasteiger partial charge in [-0.15, -0.1) is 0 Å². The molecule has 1 unspecified atom stereocenters. The van der Waals surface area contributed by atoms with Crippen molar-refractivity contribution in [3.8, 4) is 0 Å². The normalized spacial score (nSPS) is 12.9. The smallest absolute Gasteiger partial charge is 0.306 e. The second-order valence-electron chi connectivity index (χ2n) is 3.54. The summed E-state index contributed by atoms with van der Waals surface area (Å²) in [6, 6.07) is 5.39. The maximum atomic E-state index is 10.7. The third kappa shape index (κ3) is 1.98. The molecule has 2 heterocycles. The number of carboxylic acid groups (broad SMARTS) is 1. The van der Waals surface area contributed by atoms with Crippen molar-refractivity contribution in [2.75, 3.05) is 0 Å². The summed E-state index contributed by atoms with van der Waals surface area (Å²) in [5.41, 5.74) is 1.47. The highest BCUT2D eigenvalue weighted by Crippen LogP contribution is 2.19. The number of aliphatic carboxylic acids is 1. The molecule has 4 nitrogen and oxygen atoms in total. The first-order valence-corrected chi connectivity index (χ1v) is 4.73. The summed E-state index contributed by atoms with van der Waals surface area (Å²) in [6.45, 7) is 1.66. The Hall–Kier alpha value is -1.84. The van der Waals surface area contributed by atoms with Gasteiger partial charge in [-0.05, 0) is 12.1 Å². The number of carboxylic acids is 1. The monoisotopic (exact) mass is 205 g/mol. The summed E-state index contributed by atoms with van der Waals surface area (Å²) in [5.74, 6) is -0.590. The molecule has 2 aromatic heterocycles. The number of hydrogen-bond acceptors (Lipinski definition) is 3. The number of nitrogens with zero attached hydrogens (tertiary/aromatic N) is 1. The minimum absolute atomic E-state index is 0.395. The highest BCUT2D eigenvalue weighted by atomic mass is 16.4.